The Morgan fingerprint density at radius 1 is 1.22 bits per heavy atom. The Labute approximate surface area is 161 Å². The summed E-state index contributed by atoms with van der Waals surface area (Å²) >= 11 is 1.75. The van der Waals surface area contributed by atoms with Gasteiger partial charge in [-0.1, -0.05) is 24.3 Å². The normalized spacial score (nSPS) is 12.5. The van der Waals surface area contributed by atoms with Crippen LogP contribution in [0.5, 0.6) is 0 Å². The Morgan fingerprint density at radius 3 is 2.96 bits per heavy atom. The molecule has 0 fully saturated rings. The van der Waals surface area contributed by atoms with Crippen molar-refractivity contribution in [3.63, 3.8) is 0 Å². The molecule has 138 valence electrons. The van der Waals surface area contributed by atoms with E-state index in [0.29, 0.717) is 6.42 Å². The first kappa shape index (κ1) is 17.6. The number of para-hydroxylation sites is 1. The monoisotopic (exact) mass is 379 g/mol. The number of hydrogen-bond donors (Lipinski definition) is 2. The van der Waals surface area contributed by atoms with Crippen LogP contribution in [0, 0.1) is 0 Å². The summed E-state index contributed by atoms with van der Waals surface area (Å²) in [5.74, 6) is 1.69. The summed E-state index contributed by atoms with van der Waals surface area (Å²) < 4.78 is 1.94. The van der Waals surface area contributed by atoms with Crippen LogP contribution in [0.1, 0.15) is 23.9 Å². The number of thioether (sulfide) groups is 1. The van der Waals surface area contributed by atoms with E-state index in [-0.39, 0.29) is 11.9 Å². The average molecular weight is 379 g/mol. The lowest BCUT2D eigenvalue weighted by atomic mass is 10.1. The molecule has 0 aliphatic heterocycles. The Morgan fingerprint density at radius 2 is 2.07 bits per heavy atom. The molecule has 4 rings (SSSR count). The summed E-state index contributed by atoms with van der Waals surface area (Å²) in [5.41, 5.74) is 2.83. The summed E-state index contributed by atoms with van der Waals surface area (Å²) in [4.78, 5) is 16.0. The zero-order valence-corrected chi connectivity index (χ0v) is 15.9. The molecule has 1 amide bonds. The number of nitrogens with zero attached hydrogens (tertiary/aromatic N) is 3. The molecule has 3 aromatic heterocycles. The van der Waals surface area contributed by atoms with Gasteiger partial charge in [-0.3, -0.25) is 9.20 Å². The largest absolute Gasteiger partial charge is 0.361 e. The van der Waals surface area contributed by atoms with Crippen molar-refractivity contribution >= 4 is 34.2 Å². The van der Waals surface area contributed by atoms with Crippen LogP contribution in [0.3, 0.4) is 0 Å². The third-order valence-corrected chi connectivity index (χ3v) is 5.27. The van der Waals surface area contributed by atoms with Crippen LogP contribution in [-0.2, 0) is 11.2 Å². The van der Waals surface area contributed by atoms with E-state index in [1.807, 2.05) is 59.3 Å². The number of pyridine rings is 1. The molecule has 0 saturated carbocycles. The number of hydrogen-bond acceptors (Lipinski definition) is 4. The Hall–Kier alpha value is -2.80. The number of rotatable bonds is 7. The van der Waals surface area contributed by atoms with Crippen LogP contribution < -0.4 is 5.32 Å². The number of aromatic amines is 1. The highest BCUT2D eigenvalue weighted by Crippen LogP contribution is 2.21. The van der Waals surface area contributed by atoms with Gasteiger partial charge in [-0.25, -0.2) is 0 Å². The predicted molar refractivity (Wildman–Crippen MR) is 109 cm³/mol. The molecular formula is C20H21N5OS. The van der Waals surface area contributed by atoms with Gasteiger partial charge in [0.05, 0.1) is 12.5 Å². The van der Waals surface area contributed by atoms with Crippen molar-refractivity contribution < 1.29 is 4.79 Å². The van der Waals surface area contributed by atoms with E-state index in [2.05, 4.69) is 26.8 Å². The first-order valence-electron chi connectivity index (χ1n) is 8.89. The summed E-state index contributed by atoms with van der Waals surface area (Å²) in [6, 6.07) is 13.6. The minimum absolute atomic E-state index is 0.0152. The molecule has 0 radical (unpaired) electrons. The summed E-state index contributed by atoms with van der Waals surface area (Å²) in [6.07, 6.45) is 7.04. The molecule has 1 atom stereocenters. The van der Waals surface area contributed by atoms with Crippen LogP contribution >= 0.6 is 11.8 Å². The van der Waals surface area contributed by atoms with Crippen LogP contribution in [0.2, 0.25) is 0 Å². The minimum atomic E-state index is -0.174. The minimum Gasteiger partial charge on any atom is -0.361 e. The zero-order valence-electron chi connectivity index (χ0n) is 15.1. The van der Waals surface area contributed by atoms with E-state index in [0.717, 1.165) is 40.1 Å². The molecule has 4 aromatic rings. The first-order chi connectivity index (χ1) is 13.3. The molecule has 0 unspecified atom stereocenters. The number of benzene rings is 1. The fourth-order valence-corrected chi connectivity index (χ4v) is 3.77. The number of amides is 1. The van der Waals surface area contributed by atoms with Gasteiger partial charge in [0, 0.05) is 23.3 Å². The molecule has 0 aliphatic carbocycles. The van der Waals surface area contributed by atoms with Crippen molar-refractivity contribution in [2.45, 2.75) is 18.9 Å². The highest BCUT2D eigenvalue weighted by molar-refractivity contribution is 7.98. The molecule has 0 bridgehead atoms. The number of aromatic nitrogens is 4. The highest BCUT2D eigenvalue weighted by atomic mass is 32.2. The molecule has 0 aliphatic rings. The van der Waals surface area contributed by atoms with Crippen molar-refractivity contribution in [3.8, 4) is 0 Å². The lowest BCUT2D eigenvalue weighted by Crippen LogP contribution is -2.31. The van der Waals surface area contributed by atoms with Crippen molar-refractivity contribution in [1.29, 1.82) is 0 Å². The van der Waals surface area contributed by atoms with Gasteiger partial charge < -0.3 is 10.3 Å². The van der Waals surface area contributed by atoms with Gasteiger partial charge in [0.15, 0.2) is 11.5 Å². The molecule has 7 heteroatoms. The third kappa shape index (κ3) is 3.68. The van der Waals surface area contributed by atoms with E-state index >= 15 is 0 Å². The van der Waals surface area contributed by atoms with E-state index in [4.69, 9.17) is 0 Å². The van der Waals surface area contributed by atoms with E-state index in [1.165, 1.54) is 0 Å². The SMILES string of the molecule is CSCC[C@H](NC(=O)Cc1c[nH]c2ccccc12)c1nnc2ccccn12. The molecular weight excluding hydrogens is 358 g/mol. The number of nitrogens with one attached hydrogen (secondary N) is 2. The fourth-order valence-electron chi connectivity index (χ4n) is 3.30. The second kappa shape index (κ2) is 7.84. The zero-order chi connectivity index (χ0) is 18.6. The smallest absolute Gasteiger partial charge is 0.225 e. The number of fused-ring (bicyclic) bond motifs is 2. The molecule has 3 heterocycles. The Balaban J connectivity index is 1.55. The quantitative estimate of drug-likeness (QED) is 0.516. The number of carbonyl (C=O) groups excluding carboxylic acids is 1. The third-order valence-electron chi connectivity index (χ3n) is 4.62. The van der Waals surface area contributed by atoms with E-state index in [1.54, 1.807) is 11.8 Å². The lowest BCUT2D eigenvalue weighted by molar-refractivity contribution is -0.121. The van der Waals surface area contributed by atoms with Crippen LogP contribution in [0.4, 0.5) is 0 Å². The van der Waals surface area contributed by atoms with Gasteiger partial charge in [0.25, 0.3) is 0 Å². The van der Waals surface area contributed by atoms with Crippen molar-refractivity contribution in [2.75, 3.05) is 12.0 Å². The molecule has 0 spiro atoms. The predicted octanol–water partition coefficient (Wildman–Crippen LogP) is 3.36. The Kier molecular flexibility index (Phi) is 5.11. The maximum Gasteiger partial charge on any atom is 0.225 e. The van der Waals surface area contributed by atoms with Gasteiger partial charge in [-0.15, -0.1) is 10.2 Å². The average Bonchev–Trinajstić information content (AvgIpc) is 3.30. The van der Waals surface area contributed by atoms with E-state index in [9.17, 15) is 4.79 Å². The molecule has 6 nitrogen and oxygen atoms in total. The summed E-state index contributed by atoms with van der Waals surface area (Å²) in [5, 5.41) is 12.8. The molecule has 1 aromatic carbocycles. The van der Waals surface area contributed by atoms with Gasteiger partial charge in [-0.2, -0.15) is 11.8 Å². The second-order valence-electron chi connectivity index (χ2n) is 6.42. The van der Waals surface area contributed by atoms with Crippen LogP contribution in [0.25, 0.3) is 16.6 Å². The van der Waals surface area contributed by atoms with Crippen molar-refractivity contribution in [3.05, 3.63) is 66.2 Å². The van der Waals surface area contributed by atoms with Crippen molar-refractivity contribution in [1.82, 2.24) is 24.9 Å². The van der Waals surface area contributed by atoms with Gasteiger partial charge in [0.2, 0.25) is 5.91 Å². The maximum atomic E-state index is 12.8. The van der Waals surface area contributed by atoms with Crippen LogP contribution in [0.15, 0.2) is 54.9 Å². The standard InChI is InChI=1S/C20H21N5OS/c1-27-11-9-17(20-24-23-18-8-4-5-10-25(18)20)22-19(26)12-14-13-21-16-7-3-2-6-15(14)16/h2-8,10,13,17,21H,9,11-12H2,1H3,(H,22,26)/t17-/m0/s1. The number of H-pyrrole nitrogens is 1. The molecule has 0 saturated heterocycles. The van der Waals surface area contributed by atoms with Crippen molar-refractivity contribution in [2.24, 2.45) is 0 Å². The maximum absolute atomic E-state index is 12.8. The molecule has 27 heavy (non-hydrogen) atoms. The van der Waals surface area contributed by atoms with Gasteiger partial charge >= 0.3 is 0 Å². The van der Waals surface area contributed by atoms with Gasteiger partial charge in [0.1, 0.15) is 0 Å². The molecule has 2 N–H and O–H groups in total. The van der Waals surface area contributed by atoms with E-state index < -0.39 is 0 Å². The second-order valence-corrected chi connectivity index (χ2v) is 7.41. The van der Waals surface area contributed by atoms with Crippen LogP contribution in [-0.4, -0.2) is 37.5 Å². The Bertz CT molecular complexity index is 1070. The topological polar surface area (TPSA) is 75.1 Å². The summed E-state index contributed by atoms with van der Waals surface area (Å²) in [6.45, 7) is 0. The number of carbonyl (C=O) groups is 1. The fraction of sp³-hybridized carbons (Fsp3) is 0.250. The highest BCUT2D eigenvalue weighted by Gasteiger charge is 2.20. The van der Waals surface area contributed by atoms with Gasteiger partial charge in [-0.05, 0) is 42.2 Å². The first-order valence-corrected chi connectivity index (χ1v) is 10.3. The summed E-state index contributed by atoms with van der Waals surface area (Å²) in [7, 11) is 0. The lowest BCUT2D eigenvalue weighted by Gasteiger charge is -2.17.